The number of anilines is 1. The molecular formula is C19H24N8. The van der Waals surface area contributed by atoms with Gasteiger partial charge < -0.3 is 10.6 Å². The molecule has 0 aromatic carbocycles. The summed E-state index contributed by atoms with van der Waals surface area (Å²) in [7, 11) is 0. The number of pyridine rings is 1. The maximum absolute atomic E-state index is 4.65. The van der Waals surface area contributed by atoms with Crippen LogP contribution in [0.4, 0.5) is 5.82 Å². The minimum Gasteiger partial charge on any atom is -0.370 e. The molecule has 0 spiro atoms. The number of rotatable bonds is 6. The summed E-state index contributed by atoms with van der Waals surface area (Å²) in [5.41, 5.74) is 2.05. The Hall–Kier alpha value is -2.87. The van der Waals surface area contributed by atoms with Crippen LogP contribution < -0.4 is 10.6 Å². The van der Waals surface area contributed by atoms with Gasteiger partial charge in [0.1, 0.15) is 17.5 Å². The highest BCUT2D eigenvalue weighted by Gasteiger charge is 2.17. The maximum Gasteiger partial charge on any atom is 0.182 e. The molecule has 1 aliphatic heterocycles. The summed E-state index contributed by atoms with van der Waals surface area (Å²) >= 11 is 0. The van der Waals surface area contributed by atoms with E-state index >= 15 is 0 Å². The molecule has 0 bridgehead atoms. The van der Waals surface area contributed by atoms with Crippen molar-refractivity contribution in [1.82, 2.24) is 35.5 Å². The quantitative estimate of drug-likeness (QED) is 0.615. The van der Waals surface area contributed by atoms with Crippen LogP contribution >= 0.6 is 0 Å². The van der Waals surface area contributed by atoms with Gasteiger partial charge in [0.15, 0.2) is 5.82 Å². The first-order chi connectivity index (χ1) is 13.3. The molecule has 4 heterocycles. The molecule has 4 rings (SSSR count). The van der Waals surface area contributed by atoms with Gasteiger partial charge in [-0.15, -0.1) is 0 Å². The summed E-state index contributed by atoms with van der Waals surface area (Å²) in [6, 6.07) is 5.92. The van der Waals surface area contributed by atoms with Crippen molar-refractivity contribution in [2.24, 2.45) is 0 Å². The van der Waals surface area contributed by atoms with Crippen molar-refractivity contribution in [3.8, 4) is 11.4 Å². The van der Waals surface area contributed by atoms with Crippen molar-refractivity contribution in [2.75, 3.05) is 25.0 Å². The van der Waals surface area contributed by atoms with Crippen LogP contribution in [-0.4, -0.2) is 49.8 Å². The van der Waals surface area contributed by atoms with Crippen LogP contribution in [0.5, 0.6) is 0 Å². The van der Waals surface area contributed by atoms with Gasteiger partial charge in [-0.1, -0.05) is 0 Å². The van der Waals surface area contributed by atoms with Crippen LogP contribution in [0.1, 0.15) is 36.1 Å². The Morgan fingerprint density at radius 2 is 2.07 bits per heavy atom. The van der Waals surface area contributed by atoms with Gasteiger partial charge in [0.05, 0.1) is 0 Å². The van der Waals surface area contributed by atoms with Crippen LogP contribution in [0.15, 0.2) is 30.6 Å². The minimum absolute atomic E-state index is 0.518. The van der Waals surface area contributed by atoms with Crippen LogP contribution in [-0.2, 0) is 6.42 Å². The lowest BCUT2D eigenvalue weighted by atomic mass is 9.94. The number of hydrogen-bond donors (Lipinski definition) is 3. The van der Waals surface area contributed by atoms with Crippen molar-refractivity contribution in [1.29, 1.82) is 0 Å². The predicted molar refractivity (Wildman–Crippen MR) is 103 cm³/mol. The number of aryl methyl sites for hydroxylation is 1. The summed E-state index contributed by atoms with van der Waals surface area (Å²) < 4.78 is 0. The normalized spacial score (nSPS) is 15.0. The van der Waals surface area contributed by atoms with Crippen LogP contribution in [0.3, 0.4) is 0 Å². The van der Waals surface area contributed by atoms with Gasteiger partial charge in [-0.25, -0.2) is 15.0 Å². The molecule has 8 nitrogen and oxygen atoms in total. The average Bonchev–Trinajstić information content (AvgIpc) is 3.18. The summed E-state index contributed by atoms with van der Waals surface area (Å²) in [6.45, 7) is 4.79. The molecule has 27 heavy (non-hydrogen) atoms. The summed E-state index contributed by atoms with van der Waals surface area (Å²) in [6.07, 6.45) is 6.50. The second-order valence-electron chi connectivity index (χ2n) is 6.77. The largest absolute Gasteiger partial charge is 0.370 e. The molecule has 0 radical (unpaired) electrons. The Morgan fingerprint density at radius 3 is 2.89 bits per heavy atom. The molecule has 0 unspecified atom stereocenters. The SMILES string of the molecule is Cc1nc(NCCc2nc(-c3cccnc3)n[nH]2)cc(C2CCNCC2)n1. The molecular weight excluding hydrogens is 340 g/mol. The van der Waals surface area contributed by atoms with Gasteiger partial charge in [-0.2, -0.15) is 5.10 Å². The fraction of sp³-hybridized carbons (Fsp3) is 0.421. The predicted octanol–water partition coefficient (Wildman–Crippen LogP) is 2.09. The summed E-state index contributed by atoms with van der Waals surface area (Å²) in [4.78, 5) is 17.8. The average molecular weight is 364 g/mol. The Morgan fingerprint density at radius 1 is 1.19 bits per heavy atom. The molecule has 0 aliphatic carbocycles. The van der Waals surface area contributed by atoms with Gasteiger partial charge in [0, 0.05) is 48.6 Å². The Labute approximate surface area is 158 Å². The molecule has 0 saturated carbocycles. The zero-order valence-electron chi connectivity index (χ0n) is 15.4. The summed E-state index contributed by atoms with van der Waals surface area (Å²) in [5.74, 6) is 3.72. The number of piperidine rings is 1. The molecule has 3 aromatic heterocycles. The van der Waals surface area contributed by atoms with E-state index in [0.29, 0.717) is 11.7 Å². The summed E-state index contributed by atoms with van der Waals surface area (Å²) in [5, 5.41) is 14.1. The second kappa shape index (κ2) is 8.22. The van der Waals surface area contributed by atoms with E-state index in [1.807, 2.05) is 19.1 Å². The monoisotopic (exact) mass is 364 g/mol. The van der Waals surface area contributed by atoms with Crippen molar-refractivity contribution < 1.29 is 0 Å². The van der Waals surface area contributed by atoms with E-state index in [0.717, 1.165) is 67.6 Å². The van der Waals surface area contributed by atoms with Crippen LogP contribution in [0, 0.1) is 6.92 Å². The molecule has 1 saturated heterocycles. The molecule has 140 valence electrons. The first-order valence-corrected chi connectivity index (χ1v) is 9.40. The number of nitrogens with zero attached hydrogens (tertiary/aromatic N) is 5. The number of hydrogen-bond acceptors (Lipinski definition) is 7. The van der Waals surface area contributed by atoms with Crippen molar-refractivity contribution in [3.63, 3.8) is 0 Å². The molecule has 0 atom stereocenters. The lowest BCUT2D eigenvalue weighted by Gasteiger charge is -2.22. The van der Waals surface area contributed by atoms with E-state index in [1.165, 1.54) is 0 Å². The third-order valence-electron chi connectivity index (χ3n) is 4.73. The Kier molecular flexibility index (Phi) is 5.34. The molecule has 0 amide bonds. The number of H-pyrrole nitrogens is 1. The maximum atomic E-state index is 4.65. The van der Waals surface area contributed by atoms with Gasteiger partial charge in [-0.3, -0.25) is 10.1 Å². The smallest absolute Gasteiger partial charge is 0.182 e. The first-order valence-electron chi connectivity index (χ1n) is 9.40. The van der Waals surface area contributed by atoms with Crippen LogP contribution in [0.25, 0.3) is 11.4 Å². The van der Waals surface area contributed by atoms with Crippen molar-refractivity contribution >= 4 is 5.82 Å². The van der Waals surface area contributed by atoms with Gasteiger partial charge >= 0.3 is 0 Å². The second-order valence-corrected chi connectivity index (χ2v) is 6.77. The Bertz CT molecular complexity index is 870. The number of aromatic amines is 1. The van der Waals surface area contributed by atoms with E-state index < -0.39 is 0 Å². The first kappa shape index (κ1) is 17.5. The molecule has 1 aliphatic rings. The minimum atomic E-state index is 0.518. The fourth-order valence-electron chi connectivity index (χ4n) is 3.35. The molecule has 8 heteroatoms. The highest BCUT2D eigenvalue weighted by Crippen LogP contribution is 2.25. The third-order valence-corrected chi connectivity index (χ3v) is 4.73. The zero-order chi connectivity index (χ0) is 18.5. The topological polar surface area (TPSA) is 104 Å². The standard InChI is InChI=1S/C19H24N8/c1-13-23-16(14-4-8-20-9-5-14)11-18(24-13)22-10-6-17-25-19(27-26-17)15-3-2-7-21-12-15/h2-3,7,11-12,14,20H,4-6,8-10H2,1H3,(H,22,23,24)(H,25,26,27). The van der Waals surface area contributed by atoms with E-state index in [4.69, 9.17) is 0 Å². The van der Waals surface area contributed by atoms with E-state index in [1.54, 1.807) is 12.4 Å². The molecule has 3 N–H and O–H groups in total. The number of aromatic nitrogens is 6. The highest BCUT2D eigenvalue weighted by molar-refractivity contribution is 5.52. The van der Waals surface area contributed by atoms with Crippen molar-refractivity contribution in [2.45, 2.75) is 32.1 Å². The fourth-order valence-corrected chi connectivity index (χ4v) is 3.35. The highest BCUT2D eigenvalue weighted by atomic mass is 15.2. The third kappa shape index (κ3) is 4.46. The lowest BCUT2D eigenvalue weighted by molar-refractivity contribution is 0.452. The molecule has 3 aromatic rings. The lowest BCUT2D eigenvalue weighted by Crippen LogP contribution is -2.27. The van der Waals surface area contributed by atoms with Crippen molar-refractivity contribution in [3.05, 3.63) is 47.9 Å². The molecule has 1 fully saturated rings. The van der Waals surface area contributed by atoms with Gasteiger partial charge in [0.2, 0.25) is 0 Å². The van der Waals surface area contributed by atoms with Gasteiger partial charge in [0.25, 0.3) is 0 Å². The number of nitrogens with one attached hydrogen (secondary N) is 3. The van der Waals surface area contributed by atoms with Crippen LogP contribution in [0.2, 0.25) is 0 Å². The van der Waals surface area contributed by atoms with Gasteiger partial charge in [-0.05, 0) is 45.0 Å². The van der Waals surface area contributed by atoms with E-state index in [2.05, 4.69) is 46.8 Å². The zero-order valence-corrected chi connectivity index (χ0v) is 15.4. The van der Waals surface area contributed by atoms with E-state index in [-0.39, 0.29) is 0 Å². The Balaban J connectivity index is 1.36. The van der Waals surface area contributed by atoms with E-state index in [9.17, 15) is 0 Å².